The summed E-state index contributed by atoms with van der Waals surface area (Å²) in [6, 6.07) is 0. The van der Waals surface area contributed by atoms with E-state index in [-0.39, 0.29) is 32.0 Å². The monoisotopic (exact) mass is 1280 g/mol. The molecule has 0 N–H and O–H groups in total. The molecule has 0 bridgehead atoms. The highest BCUT2D eigenvalue weighted by molar-refractivity contribution is 7.45. The molecule has 90 heavy (non-hydrogen) atoms. The SMILES string of the molecule is CC/C=C\C/C=C\C/C=C\C/C=C\C/C=C\C/C=C\C/C=C\CCCCCCCC(=O)OC(COC(=O)CCCCCCCCCCCCCCCCCCCCCCCCCCCCC/C=C\C/C=C\CCCCCCC)COP(=O)([O-])OCC[N+](C)(C)C. The quantitative estimate of drug-likeness (QED) is 0.0195. The molecule has 0 aliphatic rings. The van der Waals surface area contributed by atoms with E-state index < -0.39 is 26.5 Å². The summed E-state index contributed by atoms with van der Waals surface area (Å²) in [6.45, 7) is 4.12. The summed E-state index contributed by atoms with van der Waals surface area (Å²) in [5.74, 6) is -0.849. The standard InChI is InChI=1S/C80H142NO8P/c1-6-8-10-12-14-16-18-20-22-24-26-28-30-32-34-35-36-37-38-39-40-41-42-43-44-45-47-48-50-52-54-56-58-60-62-64-66-68-70-72-79(82)86-76-78(77-88-90(84,85)87-75-74-81(3,4)5)89-80(83)73-71-69-67-65-63-61-59-57-55-53-51-49-46-33-31-29-27-25-23-21-19-17-15-13-11-9-7-2/h9,11,15,17-18,20-21,23-24,26-27,29,33,46,51,53,57,59,78H,6-8,10,12-14,16,19,22,25,28,30-32,34-45,47-50,52,54-56,58,60-77H2,1-5H3/b11-9-,17-15-,20-18-,23-21-,26-24-,29-27-,46-33-,53-51-,59-57-. The molecule has 0 aliphatic heterocycles. The van der Waals surface area contributed by atoms with Crippen LogP contribution < -0.4 is 4.89 Å². The van der Waals surface area contributed by atoms with Crippen LogP contribution in [0.5, 0.6) is 0 Å². The van der Waals surface area contributed by atoms with Crippen LogP contribution in [0.2, 0.25) is 0 Å². The van der Waals surface area contributed by atoms with Crippen LogP contribution >= 0.6 is 7.82 Å². The molecular weight excluding hydrogens is 1130 g/mol. The van der Waals surface area contributed by atoms with Crippen molar-refractivity contribution >= 4 is 19.8 Å². The van der Waals surface area contributed by atoms with Crippen LogP contribution in [0.15, 0.2) is 109 Å². The van der Waals surface area contributed by atoms with Crippen molar-refractivity contribution in [2.75, 3.05) is 47.5 Å². The van der Waals surface area contributed by atoms with Crippen molar-refractivity contribution in [1.29, 1.82) is 0 Å². The number of unbranched alkanes of at least 4 members (excludes halogenated alkanes) is 37. The molecular formula is C80H142NO8P. The Morgan fingerprint density at radius 1 is 0.356 bits per heavy atom. The topological polar surface area (TPSA) is 111 Å². The van der Waals surface area contributed by atoms with Crippen LogP contribution in [0.1, 0.15) is 335 Å². The lowest BCUT2D eigenvalue weighted by Gasteiger charge is -2.28. The number of rotatable bonds is 69. The molecule has 0 aliphatic carbocycles. The number of phosphoric ester groups is 1. The Kier molecular flexibility index (Phi) is 67.4. The summed E-state index contributed by atoms with van der Waals surface area (Å²) >= 11 is 0. The summed E-state index contributed by atoms with van der Waals surface area (Å²) in [7, 11) is 1.15. The predicted octanol–water partition coefficient (Wildman–Crippen LogP) is 24.2. The lowest BCUT2D eigenvalue weighted by Crippen LogP contribution is -2.37. The third-order valence-corrected chi connectivity index (χ3v) is 17.2. The van der Waals surface area contributed by atoms with Gasteiger partial charge in [0.2, 0.25) is 0 Å². The lowest BCUT2D eigenvalue weighted by atomic mass is 10.0. The van der Waals surface area contributed by atoms with E-state index in [0.717, 1.165) is 103 Å². The number of likely N-dealkylation sites (N-methyl/N-ethyl adjacent to an activating group) is 1. The van der Waals surface area contributed by atoms with E-state index in [1.54, 1.807) is 0 Å². The fourth-order valence-corrected chi connectivity index (χ4v) is 11.3. The van der Waals surface area contributed by atoms with Crippen LogP contribution in [-0.2, 0) is 32.7 Å². The molecule has 10 heteroatoms. The molecule has 0 fully saturated rings. The van der Waals surface area contributed by atoms with E-state index in [1.165, 1.54) is 199 Å². The van der Waals surface area contributed by atoms with E-state index >= 15 is 0 Å². The first kappa shape index (κ1) is 86.7. The van der Waals surface area contributed by atoms with Gasteiger partial charge in [-0.3, -0.25) is 14.2 Å². The minimum atomic E-state index is -4.65. The second-order valence-corrected chi connectivity index (χ2v) is 27.7. The van der Waals surface area contributed by atoms with Crippen LogP contribution in [-0.4, -0.2) is 70.0 Å². The van der Waals surface area contributed by atoms with Crippen molar-refractivity contribution in [3.63, 3.8) is 0 Å². The fraction of sp³-hybridized carbons (Fsp3) is 0.750. The van der Waals surface area contributed by atoms with Gasteiger partial charge in [-0.15, -0.1) is 0 Å². The smallest absolute Gasteiger partial charge is 0.306 e. The Balaban J connectivity index is 3.99. The largest absolute Gasteiger partial charge is 0.756 e. The first-order valence-electron chi connectivity index (χ1n) is 37.6. The van der Waals surface area contributed by atoms with E-state index in [2.05, 4.69) is 123 Å². The maximum absolute atomic E-state index is 12.9. The highest BCUT2D eigenvalue weighted by atomic mass is 31.2. The summed E-state index contributed by atoms with van der Waals surface area (Å²) < 4.78 is 34.3. The third kappa shape index (κ3) is 73.7. The van der Waals surface area contributed by atoms with Crippen molar-refractivity contribution in [2.24, 2.45) is 0 Å². The minimum absolute atomic E-state index is 0.0388. The van der Waals surface area contributed by atoms with Gasteiger partial charge >= 0.3 is 11.9 Å². The Bertz CT molecular complexity index is 1890. The Labute approximate surface area is 556 Å². The van der Waals surface area contributed by atoms with Gasteiger partial charge in [0.1, 0.15) is 19.8 Å². The maximum atomic E-state index is 12.9. The molecule has 0 saturated heterocycles. The molecule has 0 spiro atoms. The number of phosphoric acid groups is 1. The highest BCUT2D eigenvalue weighted by Gasteiger charge is 2.22. The summed E-state index contributed by atoms with van der Waals surface area (Å²) in [4.78, 5) is 38.1. The maximum Gasteiger partial charge on any atom is 0.306 e. The molecule has 520 valence electrons. The minimum Gasteiger partial charge on any atom is -0.756 e. The Morgan fingerprint density at radius 2 is 0.633 bits per heavy atom. The van der Waals surface area contributed by atoms with Gasteiger partial charge < -0.3 is 27.9 Å². The number of allylic oxidation sites excluding steroid dienone is 18. The van der Waals surface area contributed by atoms with Crippen molar-refractivity contribution in [2.45, 2.75) is 341 Å². The Hall–Kier alpha value is -3.33. The van der Waals surface area contributed by atoms with Crippen molar-refractivity contribution in [3.8, 4) is 0 Å². The summed E-state index contributed by atoms with van der Waals surface area (Å²) in [5, 5.41) is 0. The first-order chi connectivity index (χ1) is 44.0. The average molecular weight is 1280 g/mol. The molecule has 9 nitrogen and oxygen atoms in total. The molecule has 0 heterocycles. The number of hydrogen-bond donors (Lipinski definition) is 0. The molecule has 2 unspecified atom stereocenters. The van der Waals surface area contributed by atoms with E-state index in [0.29, 0.717) is 17.4 Å². The molecule has 0 aromatic rings. The van der Waals surface area contributed by atoms with E-state index in [9.17, 15) is 19.0 Å². The zero-order valence-electron chi connectivity index (χ0n) is 59.3. The number of esters is 2. The molecule has 0 saturated carbocycles. The van der Waals surface area contributed by atoms with Gasteiger partial charge in [-0.2, -0.15) is 0 Å². The number of ether oxygens (including phenoxy) is 2. The van der Waals surface area contributed by atoms with Crippen molar-refractivity contribution < 1.29 is 42.1 Å². The summed E-state index contributed by atoms with van der Waals surface area (Å²) in [5.41, 5.74) is 0. The van der Waals surface area contributed by atoms with Gasteiger partial charge in [-0.25, -0.2) is 0 Å². The molecule has 0 rings (SSSR count). The van der Waals surface area contributed by atoms with Crippen LogP contribution in [0.3, 0.4) is 0 Å². The lowest BCUT2D eigenvalue weighted by molar-refractivity contribution is -0.870. The van der Waals surface area contributed by atoms with Gasteiger partial charge in [0.15, 0.2) is 6.10 Å². The fourth-order valence-electron chi connectivity index (χ4n) is 10.6. The first-order valence-corrected chi connectivity index (χ1v) is 39.1. The van der Waals surface area contributed by atoms with Crippen LogP contribution in [0.25, 0.3) is 0 Å². The molecule has 0 aromatic heterocycles. The van der Waals surface area contributed by atoms with Crippen molar-refractivity contribution in [3.05, 3.63) is 109 Å². The number of hydrogen-bond acceptors (Lipinski definition) is 8. The molecule has 0 amide bonds. The second kappa shape index (κ2) is 70.0. The van der Waals surface area contributed by atoms with Gasteiger partial charge in [-0.05, 0) is 103 Å². The normalized spacial score (nSPS) is 13.7. The second-order valence-electron chi connectivity index (χ2n) is 26.3. The zero-order chi connectivity index (χ0) is 65.5. The molecule has 2 atom stereocenters. The number of carbonyl (C=O) groups excluding carboxylic acids is 2. The van der Waals surface area contributed by atoms with Crippen LogP contribution in [0, 0.1) is 0 Å². The number of nitrogens with zero attached hydrogens (tertiary/aromatic N) is 1. The predicted molar refractivity (Wildman–Crippen MR) is 388 cm³/mol. The zero-order valence-corrected chi connectivity index (χ0v) is 60.2. The van der Waals surface area contributed by atoms with E-state index in [1.807, 2.05) is 21.1 Å². The van der Waals surface area contributed by atoms with E-state index in [4.69, 9.17) is 18.5 Å². The average Bonchev–Trinajstić information content (AvgIpc) is 3.61. The van der Waals surface area contributed by atoms with Gasteiger partial charge in [-0.1, -0.05) is 329 Å². The van der Waals surface area contributed by atoms with Gasteiger partial charge in [0.25, 0.3) is 7.82 Å². The van der Waals surface area contributed by atoms with Gasteiger partial charge in [0.05, 0.1) is 27.7 Å². The highest BCUT2D eigenvalue weighted by Crippen LogP contribution is 2.38. The number of carbonyl (C=O) groups is 2. The Morgan fingerprint density at radius 3 is 0.944 bits per heavy atom. The van der Waals surface area contributed by atoms with Gasteiger partial charge in [0, 0.05) is 12.8 Å². The third-order valence-electron chi connectivity index (χ3n) is 16.3. The van der Waals surface area contributed by atoms with Crippen LogP contribution in [0.4, 0.5) is 0 Å². The number of quaternary nitrogens is 1. The molecule has 0 radical (unpaired) electrons. The molecule has 0 aromatic carbocycles. The van der Waals surface area contributed by atoms with Crippen molar-refractivity contribution in [1.82, 2.24) is 0 Å². The summed E-state index contributed by atoms with van der Waals surface area (Å²) in [6.07, 6.45) is 99.1.